The molecule has 126 valence electrons. The zero-order valence-electron chi connectivity index (χ0n) is 14.1. The van der Waals surface area contributed by atoms with E-state index in [-0.39, 0.29) is 5.91 Å². The van der Waals surface area contributed by atoms with Crippen molar-refractivity contribution in [3.63, 3.8) is 0 Å². The molecule has 0 spiro atoms. The molecule has 1 aliphatic heterocycles. The fourth-order valence-electron chi connectivity index (χ4n) is 2.73. The molecule has 0 saturated carbocycles. The lowest BCUT2D eigenvalue weighted by molar-refractivity contribution is -0.131. The third-order valence-electron chi connectivity index (χ3n) is 4.08. The predicted molar refractivity (Wildman–Crippen MR) is 93.4 cm³/mol. The third kappa shape index (κ3) is 3.79. The molecule has 1 N–H and O–H groups in total. The number of carbonyl (C=O) groups excluding carboxylic acids is 1. The van der Waals surface area contributed by atoms with Gasteiger partial charge < -0.3 is 15.1 Å². The summed E-state index contributed by atoms with van der Waals surface area (Å²) in [5, 5.41) is 3.21. The van der Waals surface area contributed by atoms with E-state index in [1.165, 1.54) is 0 Å². The van der Waals surface area contributed by atoms with E-state index in [1.54, 1.807) is 12.5 Å². The number of nitrogens with one attached hydrogen (secondary N) is 1. The zero-order valence-corrected chi connectivity index (χ0v) is 14.1. The number of aryl methyl sites for hydroxylation is 1. The van der Waals surface area contributed by atoms with Crippen LogP contribution in [0.1, 0.15) is 18.9 Å². The number of hydrogen-bond acceptors (Lipinski definition) is 6. The van der Waals surface area contributed by atoms with Gasteiger partial charge in [0.05, 0.1) is 0 Å². The Morgan fingerprint density at radius 2 is 1.88 bits per heavy atom. The summed E-state index contributed by atoms with van der Waals surface area (Å²) in [5.41, 5.74) is 1.14. The van der Waals surface area contributed by atoms with E-state index in [4.69, 9.17) is 0 Å². The van der Waals surface area contributed by atoms with Crippen molar-refractivity contribution in [2.75, 3.05) is 36.4 Å². The van der Waals surface area contributed by atoms with Gasteiger partial charge in [-0.3, -0.25) is 4.79 Å². The summed E-state index contributed by atoms with van der Waals surface area (Å²) in [7, 11) is 0. The van der Waals surface area contributed by atoms with Crippen LogP contribution in [0.3, 0.4) is 0 Å². The largest absolute Gasteiger partial charge is 0.353 e. The number of aromatic nitrogens is 3. The van der Waals surface area contributed by atoms with Crippen molar-refractivity contribution in [2.45, 2.75) is 20.3 Å². The third-order valence-corrected chi connectivity index (χ3v) is 4.08. The molecule has 0 bridgehead atoms. The first-order valence-electron chi connectivity index (χ1n) is 8.20. The molecule has 1 saturated heterocycles. The van der Waals surface area contributed by atoms with Gasteiger partial charge >= 0.3 is 0 Å². The summed E-state index contributed by atoms with van der Waals surface area (Å²) in [6.07, 6.45) is 3.88. The highest BCUT2D eigenvalue weighted by Crippen LogP contribution is 2.19. The van der Waals surface area contributed by atoms with Crippen molar-refractivity contribution >= 4 is 23.4 Å². The molecule has 0 radical (unpaired) electrons. The van der Waals surface area contributed by atoms with Crippen molar-refractivity contribution < 1.29 is 4.79 Å². The number of pyridine rings is 1. The lowest BCUT2D eigenvalue weighted by Gasteiger charge is -2.35. The molecule has 7 heteroatoms. The first-order chi connectivity index (χ1) is 11.7. The maximum Gasteiger partial charge on any atom is 0.222 e. The Bertz CT molecular complexity index is 712. The molecule has 1 aliphatic rings. The highest BCUT2D eigenvalue weighted by Gasteiger charge is 2.21. The van der Waals surface area contributed by atoms with Crippen LogP contribution in [-0.4, -0.2) is 51.9 Å². The molecule has 2 aromatic heterocycles. The molecule has 24 heavy (non-hydrogen) atoms. The van der Waals surface area contributed by atoms with Gasteiger partial charge in [0.1, 0.15) is 23.8 Å². The number of rotatable bonds is 4. The minimum Gasteiger partial charge on any atom is -0.353 e. The predicted octanol–water partition coefficient (Wildman–Crippen LogP) is 1.98. The minimum atomic E-state index is 0.213. The average molecular weight is 326 g/mol. The molecule has 0 aliphatic carbocycles. The molecule has 1 amide bonds. The van der Waals surface area contributed by atoms with Gasteiger partial charge in [-0.2, -0.15) is 0 Å². The summed E-state index contributed by atoms with van der Waals surface area (Å²) in [6.45, 7) is 6.96. The first kappa shape index (κ1) is 16.2. The average Bonchev–Trinajstić information content (AvgIpc) is 2.61. The smallest absolute Gasteiger partial charge is 0.222 e. The minimum absolute atomic E-state index is 0.213. The number of amides is 1. The van der Waals surface area contributed by atoms with Crippen molar-refractivity contribution in [2.24, 2.45) is 0 Å². The summed E-state index contributed by atoms with van der Waals surface area (Å²) >= 11 is 0. The number of hydrogen-bond donors (Lipinski definition) is 1. The second kappa shape index (κ2) is 7.25. The van der Waals surface area contributed by atoms with Crippen molar-refractivity contribution in [1.29, 1.82) is 0 Å². The number of nitrogens with zero attached hydrogens (tertiary/aromatic N) is 5. The van der Waals surface area contributed by atoms with Gasteiger partial charge in [-0.15, -0.1) is 0 Å². The van der Waals surface area contributed by atoms with Crippen LogP contribution in [0.25, 0.3) is 0 Å². The van der Waals surface area contributed by atoms with E-state index in [9.17, 15) is 4.79 Å². The Morgan fingerprint density at radius 1 is 1.12 bits per heavy atom. The summed E-state index contributed by atoms with van der Waals surface area (Å²) in [4.78, 5) is 28.8. The van der Waals surface area contributed by atoms with Crippen LogP contribution in [0, 0.1) is 6.92 Å². The normalized spacial score (nSPS) is 14.6. The summed E-state index contributed by atoms with van der Waals surface area (Å²) < 4.78 is 0. The fraction of sp³-hybridized carbons (Fsp3) is 0.412. The van der Waals surface area contributed by atoms with Crippen LogP contribution in [0.15, 0.2) is 30.7 Å². The van der Waals surface area contributed by atoms with Crippen molar-refractivity contribution in [1.82, 2.24) is 19.9 Å². The summed E-state index contributed by atoms with van der Waals surface area (Å²) in [6, 6.07) is 5.84. The van der Waals surface area contributed by atoms with Gasteiger partial charge in [0.15, 0.2) is 0 Å². The van der Waals surface area contributed by atoms with E-state index >= 15 is 0 Å². The number of carbonyl (C=O) groups is 1. The maximum absolute atomic E-state index is 11.8. The molecule has 3 rings (SSSR count). The van der Waals surface area contributed by atoms with Gasteiger partial charge in [-0.25, -0.2) is 15.0 Å². The van der Waals surface area contributed by atoms with Crippen LogP contribution in [-0.2, 0) is 4.79 Å². The van der Waals surface area contributed by atoms with E-state index in [0.717, 1.165) is 43.4 Å². The van der Waals surface area contributed by atoms with E-state index in [0.29, 0.717) is 12.2 Å². The van der Waals surface area contributed by atoms with Crippen LogP contribution < -0.4 is 10.2 Å². The monoisotopic (exact) mass is 326 g/mol. The zero-order chi connectivity index (χ0) is 16.9. The lowest BCUT2D eigenvalue weighted by Crippen LogP contribution is -2.48. The molecule has 0 unspecified atom stereocenters. The van der Waals surface area contributed by atoms with E-state index in [2.05, 4.69) is 25.2 Å². The standard InChI is InChI=1S/C17H22N6O/c1-3-17(24)23-8-6-22(7-9-23)16-11-15(19-12-20-16)21-14-10-13(2)4-5-18-14/h4-5,10-12H,3,6-9H2,1-2H3,(H,18,19,20,21). The van der Waals surface area contributed by atoms with Crippen LogP contribution in [0.2, 0.25) is 0 Å². The molecule has 0 atom stereocenters. The van der Waals surface area contributed by atoms with Gasteiger partial charge in [-0.1, -0.05) is 6.92 Å². The SMILES string of the molecule is CCC(=O)N1CCN(c2cc(Nc3cc(C)ccn3)ncn2)CC1. The van der Waals surface area contributed by atoms with Gasteiger partial charge in [0, 0.05) is 44.9 Å². The van der Waals surface area contributed by atoms with Gasteiger partial charge in [0.25, 0.3) is 0 Å². The second-order valence-electron chi connectivity index (χ2n) is 5.83. The molecule has 2 aromatic rings. The molecule has 7 nitrogen and oxygen atoms in total. The lowest BCUT2D eigenvalue weighted by atomic mass is 10.3. The van der Waals surface area contributed by atoms with E-state index < -0.39 is 0 Å². The van der Waals surface area contributed by atoms with Crippen molar-refractivity contribution in [3.05, 3.63) is 36.3 Å². The molecular weight excluding hydrogens is 304 g/mol. The molecule has 3 heterocycles. The maximum atomic E-state index is 11.8. The quantitative estimate of drug-likeness (QED) is 0.926. The van der Waals surface area contributed by atoms with E-state index in [1.807, 2.05) is 36.9 Å². The Morgan fingerprint density at radius 3 is 2.58 bits per heavy atom. The summed E-state index contributed by atoms with van der Waals surface area (Å²) in [5.74, 6) is 2.55. The number of piperazine rings is 1. The Kier molecular flexibility index (Phi) is 4.88. The van der Waals surface area contributed by atoms with Crippen LogP contribution >= 0.6 is 0 Å². The number of anilines is 3. The Labute approximate surface area is 141 Å². The van der Waals surface area contributed by atoms with Gasteiger partial charge in [-0.05, 0) is 24.6 Å². The molecule has 0 aromatic carbocycles. The Hall–Kier alpha value is -2.70. The fourth-order valence-corrected chi connectivity index (χ4v) is 2.73. The second-order valence-corrected chi connectivity index (χ2v) is 5.83. The molecule has 1 fully saturated rings. The highest BCUT2D eigenvalue weighted by atomic mass is 16.2. The van der Waals surface area contributed by atoms with Gasteiger partial charge in [0.2, 0.25) is 5.91 Å². The topological polar surface area (TPSA) is 74.2 Å². The Balaban J connectivity index is 1.67. The molecular formula is C17H22N6O. The van der Waals surface area contributed by atoms with Crippen molar-refractivity contribution in [3.8, 4) is 0 Å². The van der Waals surface area contributed by atoms with Crippen LogP contribution in [0.5, 0.6) is 0 Å². The highest BCUT2D eigenvalue weighted by molar-refractivity contribution is 5.76. The van der Waals surface area contributed by atoms with Crippen LogP contribution in [0.4, 0.5) is 17.5 Å². The first-order valence-corrected chi connectivity index (χ1v) is 8.20.